The van der Waals surface area contributed by atoms with Crippen molar-refractivity contribution in [2.24, 2.45) is 0 Å². The zero-order valence-electron chi connectivity index (χ0n) is 9.50. The van der Waals surface area contributed by atoms with E-state index in [2.05, 4.69) is 20.9 Å². The molecule has 1 fully saturated rings. The third-order valence-electron chi connectivity index (χ3n) is 3.19. The van der Waals surface area contributed by atoms with Crippen molar-refractivity contribution in [1.29, 1.82) is 0 Å². The van der Waals surface area contributed by atoms with Crippen LogP contribution in [-0.2, 0) is 10.6 Å². The van der Waals surface area contributed by atoms with Crippen molar-refractivity contribution in [3.8, 4) is 0 Å². The second kappa shape index (κ2) is 4.79. The molecular formula is C12H11BrClFN2O. The van der Waals surface area contributed by atoms with Crippen LogP contribution >= 0.6 is 27.5 Å². The molecule has 1 atom stereocenters. The van der Waals surface area contributed by atoms with Gasteiger partial charge in [0.1, 0.15) is 11.6 Å². The fourth-order valence-corrected chi connectivity index (χ4v) is 2.89. The van der Waals surface area contributed by atoms with E-state index in [-0.39, 0.29) is 11.9 Å². The summed E-state index contributed by atoms with van der Waals surface area (Å²) in [5.74, 6) is 0.785. The Balaban J connectivity index is 2.23. The number of nitrogens with zero attached hydrogens (tertiary/aromatic N) is 2. The van der Waals surface area contributed by atoms with Gasteiger partial charge in [0, 0.05) is 12.7 Å². The highest BCUT2D eigenvalue weighted by molar-refractivity contribution is 9.10. The van der Waals surface area contributed by atoms with Crippen molar-refractivity contribution in [3.63, 3.8) is 0 Å². The molecule has 0 saturated carbocycles. The van der Waals surface area contributed by atoms with E-state index in [0.717, 1.165) is 29.9 Å². The van der Waals surface area contributed by atoms with E-state index >= 15 is 0 Å². The highest BCUT2D eigenvalue weighted by Crippen LogP contribution is 2.30. The Labute approximate surface area is 117 Å². The van der Waals surface area contributed by atoms with Gasteiger partial charge in [-0.25, -0.2) is 9.37 Å². The Morgan fingerprint density at radius 2 is 2.39 bits per heavy atom. The number of hydrogen-bond acceptors (Lipinski definition) is 2. The molecule has 1 unspecified atom stereocenters. The normalized spacial score (nSPS) is 19.8. The Kier molecular flexibility index (Phi) is 3.30. The first-order valence-electron chi connectivity index (χ1n) is 5.70. The predicted molar refractivity (Wildman–Crippen MR) is 71.4 cm³/mol. The van der Waals surface area contributed by atoms with Gasteiger partial charge in [-0.05, 0) is 28.4 Å². The van der Waals surface area contributed by atoms with Gasteiger partial charge >= 0.3 is 0 Å². The largest absolute Gasteiger partial charge is 0.379 e. The van der Waals surface area contributed by atoms with Crippen LogP contribution < -0.4 is 0 Å². The van der Waals surface area contributed by atoms with E-state index in [1.165, 1.54) is 6.07 Å². The van der Waals surface area contributed by atoms with Gasteiger partial charge in [0.2, 0.25) is 0 Å². The molecule has 3 nitrogen and oxygen atoms in total. The number of imidazole rings is 1. The van der Waals surface area contributed by atoms with Gasteiger partial charge < -0.3 is 9.30 Å². The highest BCUT2D eigenvalue weighted by Gasteiger charge is 2.23. The summed E-state index contributed by atoms with van der Waals surface area (Å²) in [6.45, 7) is 1.36. The minimum Gasteiger partial charge on any atom is -0.379 e. The van der Waals surface area contributed by atoms with Gasteiger partial charge in [0.15, 0.2) is 0 Å². The molecule has 18 heavy (non-hydrogen) atoms. The Hall–Kier alpha value is -0.650. The molecule has 2 aromatic rings. The Morgan fingerprint density at radius 1 is 1.56 bits per heavy atom. The molecular weight excluding hydrogens is 323 g/mol. The minimum absolute atomic E-state index is 0.198. The van der Waals surface area contributed by atoms with Crippen LogP contribution in [0.4, 0.5) is 4.39 Å². The maximum Gasteiger partial charge on any atom is 0.139 e. The number of ether oxygens (including phenoxy) is 1. The van der Waals surface area contributed by atoms with Crippen LogP contribution in [-0.4, -0.2) is 22.8 Å². The minimum atomic E-state index is -0.288. The van der Waals surface area contributed by atoms with E-state index in [9.17, 15) is 4.39 Å². The summed E-state index contributed by atoms with van der Waals surface area (Å²) in [6, 6.07) is 3.39. The van der Waals surface area contributed by atoms with Crippen LogP contribution in [0.5, 0.6) is 0 Å². The number of halogens is 3. The van der Waals surface area contributed by atoms with Crippen LogP contribution in [0.25, 0.3) is 11.0 Å². The van der Waals surface area contributed by atoms with Gasteiger partial charge in [0.05, 0.1) is 34.0 Å². The zero-order valence-corrected chi connectivity index (χ0v) is 11.8. The lowest BCUT2D eigenvalue weighted by atomic mass is 10.2. The standard InChI is InChI=1S/C12H11BrClFN2O/c13-8-3-10-11(4-9(8)15)17(12(5-14)16-10)7-1-2-18-6-7/h3-4,7H,1-2,5-6H2. The number of aromatic nitrogens is 2. The third-order valence-corrected chi connectivity index (χ3v) is 4.04. The summed E-state index contributed by atoms with van der Waals surface area (Å²) < 4.78 is 21.5. The Morgan fingerprint density at radius 3 is 3.06 bits per heavy atom. The lowest BCUT2D eigenvalue weighted by Gasteiger charge is -2.14. The van der Waals surface area contributed by atoms with E-state index in [1.807, 2.05) is 4.57 Å². The van der Waals surface area contributed by atoms with Crippen LogP contribution in [0.1, 0.15) is 18.3 Å². The lowest BCUT2D eigenvalue weighted by molar-refractivity contribution is 0.187. The highest BCUT2D eigenvalue weighted by atomic mass is 79.9. The summed E-state index contributed by atoms with van der Waals surface area (Å²) in [4.78, 5) is 4.46. The third kappa shape index (κ3) is 1.94. The monoisotopic (exact) mass is 332 g/mol. The second-order valence-electron chi connectivity index (χ2n) is 4.30. The van der Waals surface area contributed by atoms with Gasteiger partial charge in [-0.1, -0.05) is 0 Å². The maximum atomic E-state index is 13.7. The average molecular weight is 334 g/mol. The molecule has 1 saturated heterocycles. The van der Waals surface area contributed by atoms with Gasteiger partial charge in [-0.3, -0.25) is 0 Å². The van der Waals surface area contributed by atoms with Crippen LogP contribution in [0.3, 0.4) is 0 Å². The number of hydrogen-bond donors (Lipinski definition) is 0. The van der Waals surface area contributed by atoms with E-state index < -0.39 is 0 Å². The molecule has 96 valence electrons. The fraction of sp³-hybridized carbons (Fsp3) is 0.417. The summed E-state index contributed by atoms with van der Waals surface area (Å²) in [6.07, 6.45) is 0.910. The van der Waals surface area contributed by atoms with Crippen molar-refractivity contribution in [3.05, 3.63) is 28.2 Å². The smallest absolute Gasteiger partial charge is 0.139 e. The molecule has 0 aliphatic carbocycles. The molecule has 1 aliphatic rings. The number of benzene rings is 1. The van der Waals surface area contributed by atoms with Crippen LogP contribution in [0.2, 0.25) is 0 Å². The Bertz CT molecular complexity index is 595. The molecule has 1 aromatic heterocycles. The topological polar surface area (TPSA) is 27.1 Å². The summed E-state index contributed by atoms with van der Waals surface area (Å²) >= 11 is 9.11. The van der Waals surface area contributed by atoms with Crippen LogP contribution in [0, 0.1) is 5.82 Å². The summed E-state index contributed by atoms with van der Waals surface area (Å²) in [5.41, 5.74) is 1.53. The van der Waals surface area contributed by atoms with Gasteiger partial charge in [-0.2, -0.15) is 0 Å². The molecule has 2 heterocycles. The van der Waals surface area contributed by atoms with Gasteiger partial charge in [-0.15, -0.1) is 11.6 Å². The van der Waals surface area contributed by atoms with E-state index in [0.29, 0.717) is 17.0 Å². The second-order valence-corrected chi connectivity index (χ2v) is 5.43. The van der Waals surface area contributed by atoms with Gasteiger partial charge in [0.25, 0.3) is 0 Å². The van der Waals surface area contributed by atoms with Crippen molar-refractivity contribution in [1.82, 2.24) is 9.55 Å². The maximum absolute atomic E-state index is 13.7. The zero-order chi connectivity index (χ0) is 12.7. The molecule has 0 spiro atoms. The molecule has 0 N–H and O–H groups in total. The predicted octanol–water partition coefficient (Wildman–Crippen LogP) is 3.64. The van der Waals surface area contributed by atoms with E-state index in [4.69, 9.17) is 16.3 Å². The first kappa shape index (κ1) is 12.4. The molecule has 6 heteroatoms. The molecule has 1 aliphatic heterocycles. The molecule has 1 aromatic carbocycles. The number of fused-ring (bicyclic) bond motifs is 1. The summed E-state index contributed by atoms with van der Waals surface area (Å²) in [5, 5.41) is 0. The number of alkyl halides is 1. The van der Waals surface area contributed by atoms with Crippen LogP contribution in [0.15, 0.2) is 16.6 Å². The van der Waals surface area contributed by atoms with Crippen molar-refractivity contribution in [2.75, 3.05) is 13.2 Å². The average Bonchev–Trinajstić information content (AvgIpc) is 2.96. The number of rotatable bonds is 2. The molecule has 0 bridgehead atoms. The lowest BCUT2D eigenvalue weighted by Crippen LogP contribution is -2.11. The first-order valence-corrected chi connectivity index (χ1v) is 7.03. The summed E-state index contributed by atoms with van der Waals surface area (Å²) in [7, 11) is 0. The van der Waals surface area contributed by atoms with Crippen molar-refractivity contribution >= 4 is 38.6 Å². The SMILES string of the molecule is Fc1cc2c(cc1Br)nc(CCl)n2C1CCOC1. The molecule has 0 amide bonds. The molecule has 3 rings (SSSR count). The quantitative estimate of drug-likeness (QED) is 0.785. The van der Waals surface area contributed by atoms with Crippen molar-refractivity contribution in [2.45, 2.75) is 18.3 Å². The van der Waals surface area contributed by atoms with E-state index in [1.54, 1.807) is 6.07 Å². The first-order chi connectivity index (χ1) is 8.70. The fourth-order valence-electron chi connectivity index (χ4n) is 2.37. The molecule has 0 radical (unpaired) electrons. The van der Waals surface area contributed by atoms with Crippen molar-refractivity contribution < 1.29 is 9.13 Å².